The molecule has 1 unspecified atom stereocenters. The minimum atomic E-state index is -0.645. The summed E-state index contributed by atoms with van der Waals surface area (Å²) >= 11 is 0. The molecule has 0 spiro atoms. The van der Waals surface area contributed by atoms with Crippen molar-refractivity contribution in [3.63, 3.8) is 0 Å². The standard InChI is InChI=1S/C30H37N2O5/c1-6-20-18-32(17-19-13-27(35-3)30(37-5)28(14-19)36-4)12-10-21(20)15-26(32)29(33)23-9-11-31-25-8-7-22(34-2)16-24(23)25/h6-9,11,13-14,16,20-21,26,29,33H,1,10,12,15,17-18H2,2-5H3/q+1/t20-,21-,26+,29-,32?/m0/s1. The van der Waals surface area contributed by atoms with E-state index in [2.05, 4.69) is 17.6 Å². The number of aliphatic hydroxyl groups excluding tert-OH is 1. The molecule has 7 nitrogen and oxygen atoms in total. The lowest BCUT2D eigenvalue weighted by Gasteiger charge is -2.58. The summed E-state index contributed by atoms with van der Waals surface area (Å²) in [6, 6.07) is 11.9. The quantitative estimate of drug-likeness (QED) is 0.329. The largest absolute Gasteiger partial charge is 0.497 e. The molecule has 5 atom stereocenters. The van der Waals surface area contributed by atoms with E-state index < -0.39 is 6.10 Å². The van der Waals surface area contributed by atoms with Crippen LogP contribution in [0.15, 0.2) is 55.3 Å². The fourth-order valence-corrected chi connectivity index (χ4v) is 6.71. The molecule has 2 aromatic carbocycles. The van der Waals surface area contributed by atoms with Gasteiger partial charge in [0.2, 0.25) is 5.75 Å². The van der Waals surface area contributed by atoms with Crippen LogP contribution in [0.25, 0.3) is 10.9 Å². The van der Waals surface area contributed by atoms with Crippen LogP contribution in [-0.2, 0) is 6.54 Å². The smallest absolute Gasteiger partial charge is 0.203 e. The number of aromatic nitrogens is 1. The van der Waals surface area contributed by atoms with E-state index in [-0.39, 0.29) is 6.04 Å². The van der Waals surface area contributed by atoms with Crippen molar-refractivity contribution in [2.45, 2.75) is 31.5 Å². The summed E-state index contributed by atoms with van der Waals surface area (Å²) in [4.78, 5) is 4.53. The average Bonchev–Trinajstić information content (AvgIpc) is 2.95. The number of methoxy groups -OCH3 is 4. The Morgan fingerprint density at radius 2 is 1.81 bits per heavy atom. The van der Waals surface area contributed by atoms with Crippen LogP contribution in [0, 0.1) is 11.8 Å². The van der Waals surface area contributed by atoms with Gasteiger partial charge < -0.3 is 28.5 Å². The minimum absolute atomic E-state index is 0.0332. The van der Waals surface area contributed by atoms with Gasteiger partial charge in [0, 0.05) is 35.9 Å². The molecule has 3 aliphatic heterocycles. The zero-order valence-electron chi connectivity index (χ0n) is 22.1. The molecule has 1 aromatic heterocycles. The Morgan fingerprint density at radius 1 is 1.05 bits per heavy atom. The SMILES string of the molecule is C=C[C@H]1C[N+]2(Cc3cc(OC)c(OC)c(OC)c3)CC[C@H]1C[C@@H]2[C@@H](O)c1ccnc2ccc(OC)cc12. The number of piperidine rings is 3. The first kappa shape index (κ1) is 25.4. The van der Waals surface area contributed by atoms with Gasteiger partial charge in [-0.05, 0) is 47.9 Å². The van der Waals surface area contributed by atoms with Gasteiger partial charge in [0.25, 0.3) is 0 Å². The van der Waals surface area contributed by atoms with Crippen molar-refractivity contribution in [2.75, 3.05) is 41.5 Å². The fraction of sp³-hybridized carbons (Fsp3) is 0.433. The Kier molecular flexibility index (Phi) is 7.01. The lowest BCUT2D eigenvalue weighted by atomic mass is 9.71. The lowest BCUT2D eigenvalue weighted by Crippen LogP contribution is -2.67. The molecule has 37 heavy (non-hydrogen) atoms. The summed E-state index contributed by atoms with van der Waals surface area (Å²) in [5, 5.41) is 13.0. The Labute approximate surface area is 218 Å². The highest BCUT2D eigenvalue weighted by Gasteiger charge is 2.54. The van der Waals surface area contributed by atoms with Crippen LogP contribution in [0.1, 0.15) is 30.1 Å². The van der Waals surface area contributed by atoms with Crippen LogP contribution in [0.2, 0.25) is 0 Å². The molecule has 2 bridgehead atoms. The number of rotatable bonds is 9. The Bertz CT molecular complexity index is 1270. The summed E-state index contributed by atoms with van der Waals surface area (Å²) in [7, 11) is 6.56. The van der Waals surface area contributed by atoms with E-state index in [4.69, 9.17) is 18.9 Å². The third-order valence-electron chi connectivity index (χ3n) is 8.56. The van der Waals surface area contributed by atoms with Crippen LogP contribution in [0.5, 0.6) is 23.0 Å². The summed E-state index contributed by atoms with van der Waals surface area (Å²) in [6.45, 7) is 6.85. The van der Waals surface area contributed by atoms with Gasteiger partial charge in [-0.25, -0.2) is 0 Å². The first-order chi connectivity index (χ1) is 18.0. The van der Waals surface area contributed by atoms with E-state index in [1.165, 1.54) is 0 Å². The second-order valence-electron chi connectivity index (χ2n) is 10.3. The molecule has 7 heteroatoms. The van der Waals surface area contributed by atoms with Crippen LogP contribution in [0.3, 0.4) is 0 Å². The number of ether oxygens (including phenoxy) is 4. The van der Waals surface area contributed by atoms with Gasteiger partial charge in [0.05, 0.1) is 47.0 Å². The number of benzene rings is 2. The zero-order valence-corrected chi connectivity index (χ0v) is 22.1. The van der Waals surface area contributed by atoms with Crippen LogP contribution in [-0.4, -0.2) is 62.1 Å². The molecule has 0 amide bonds. The highest BCUT2D eigenvalue weighted by molar-refractivity contribution is 5.83. The molecular formula is C30H37N2O5+. The van der Waals surface area contributed by atoms with Gasteiger partial charge >= 0.3 is 0 Å². The van der Waals surface area contributed by atoms with Gasteiger partial charge in [0.15, 0.2) is 11.5 Å². The van der Waals surface area contributed by atoms with Crippen molar-refractivity contribution in [3.8, 4) is 23.0 Å². The predicted molar refractivity (Wildman–Crippen MR) is 143 cm³/mol. The topological polar surface area (TPSA) is 70.0 Å². The first-order valence-corrected chi connectivity index (χ1v) is 12.8. The van der Waals surface area contributed by atoms with Gasteiger partial charge in [-0.3, -0.25) is 4.98 Å². The molecule has 0 radical (unpaired) electrons. The average molecular weight is 506 g/mol. The Balaban J connectivity index is 1.57. The highest BCUT2D eigenvalue weighted by atomic mass is 16.5. The summed E-state index contributed by atoms with van der Waals surface area (Å²) in [5.74, 6) is 3.59. The maximum absolute atomic E-state index is 12.0. The molecule has 0 aliphatic carbocycles. The van der Waals surface area contributed by atoms with E-state index in [0.717, 1.165) is 64.7 Å². The van der Waals surface area contributed by atoms with Gasteiger partial charge in [-0.1, -0.05) is 6.08 Å². The molecule has 6 rings (SSSR count). The van der Waals surface area contributed by atoms with E-state index in [0.29, 0.717) is 29.1 Å². The Morgan fingerprint density at radius 3 is 2.46 bits per heavy atom. The van der Waals surface area contributed by atoms with Crippen molar-refractivity contribution in [1.29, 1.82) is 0 Å². The summed E-state index contributed by atoms with van der Waals surface area (Å²) in [5.41, 5.74) is 2.85. The number of pyridine rings is 1. The molecule has 3 aromatic rings. The molecule has 3 fully saturated rings. The lowest BCUT2D eigenvalue weighted by molar-refractivity contribution is -0.984. The monoisotopic (exact) mass is 505 g/mol. The van der Waals surface area contributed by atoms with Crippen molar-refractivity contribution in [1.82, 2.24) is 4.98 Å². The van der Waals surface area contributed by atoms with Crippen molar-refractivity contribution < 1.29 is 28.5 Å². The summed E-state index contributed by atoms with van der Waals surface area (Å²) in [6.07, 6.45) is 5.32. The fourth-order valence-electron chi connectivity index (χ4n) is 6.71. The van der Waals surface area contributed by atoms with Crippen LogP contribution < -0.4 is 18.9 Å². The summed E-state index contributed by atoms with van der Waals surface area (Å²) < 4.78 is 23.1. The number of quaternary nitrogens is 1. The van der Waals surface area contributed by atoms with E-state index in [1.54, 1.807) is 34.6 Å². The molecule has 4 heterocycles. The number of hydrogen-bond acceptors (Lipinski definition) is 6. The Hall–Kier alpha value is -3.29. The van der Waals surface area contributed by atoms with Crippen LogP contribution >= 0.6 is 0 Å². The molecular weight excluding hydrogens is 468 g/mol. The van der Waals surface area contributed by atoms with E-state index >= 15 is 0 Å². The van der Waals surface area contributed by atoms with Crippen molar-refractivity contribution >= 4 is 10.9 Å². The first-order valence-electron chi connectivity index (χ1n) is 12.8. The number of hydrogen-bond donors (Lipinski definition) is 1. The number of aliphatic hydroxyl groups is 1. The molecule has 3 saturated heterocycles. The molecule has 0 saturated carbocycles. The molecule has 3 aliphatic rings. The maximum Gasteiger partial charge on any atom is 0.203 e. The molecule has 196 valence electrons. The van der Waals surface area contributed by atoms with Gasteiger partial charge in [0.1, 0.15) is 24.4 Å². The van der Waals surface area contributed by atoms with Crippen LogP contribution in [0.4, 0.5) is 0 Å². The van der Waals surface area contributed by atoms with Crippen molar-refractivity contribution in [3.05, 3.63) is 66.4 Å². The number of nitrogens with zero attached hydrogens (tertiary/aromatic N) is 2. The second-order valence-corrected chi connectivity index (χ2v) is 10.3. The van der Waals surface area contributed by atoms with E-state index in [1.807, 2.05) is 36.4 Å². The predicted octanol–water partition coefficient (Wildman–Crippen LogP) is 4.91. The van der Waals surface area contributed by atoms with Crippen molar-refractivity contribution in [2.24, 2.45) is 11.8 Å². The minimum Gasteiger partial charge on any atom is -0.497 e. The zero-order chi connectivity index (χ0) is 26.2. The second kappa shape index (κ2) is 10.2. The highest BCUT2D eigenvalue weighted by Crippen LogP contribution is 2.49. The third kappa shape index (κ3) is 4.40. The normalized spacial score (nSPS) is 25.5. The maximum atomic E-state index is 12.0. The van der Waals surface area contributed by atoms with E-state index in [9.17, 15) is 5.11 Å². The molecule has 1 N–H and O–H groups in total. The number of fused-ring (bicyclic) bond motifs is 4. The van der Waals surface area contributed by atoms with Gasteiger partial charge in [-0.15, -0.1) is 6.58 Å². The van der Waals surface area contributed by atoms with Gasteiger partial charge in [-0.2, -0.15) is 0 Å². The third-order valence-corrected chi connectivity index (χ3v) is 8.56.